The van der Waals surface area contributed by atoms with Gasteiger partial charge in [0, 0.05) is 33.2 Å². The summed E-state index contributed by atoms with van der Waals surface area (Å²) in [5, 5.41) is 4.33. The van der Waals surface area contributed by atoms with Crippen molar-refractivity contribution in [2.45, 2.75) is 0 Å². The van der Waals surface area contributed by atoms with Crippen molar-refractivity contribution >= 4 is 43.8 Å². The SMILES string of the molecule is c1ccc(-c2nc(-c3ccccc3)nc(-c3ccc(-c4ccc(-c5ccc(-c6cc7oc8ccccc8c7c7nc(-c8ccccc8)oc67)cc5)c5ccccc45)cc3)n2)cc1. The molecule has 0 saturated heterocycles. The molecule has 0 bridgehead atoms. The predicted octanol–water partition coefficient (Wildman–Crippen LogP) is 14.7. The summed E-state index contributed by atoms with van der Waals surface area (Å²) < 4.78 is 13.0. The van der Waals surface area contributed by atoms with E-state index in [1.54, 1.807) is 0 Å². The first-order valence-corrected chi connectivity index (χ1v) is 20.6. The third kappa shape index (κ3) is 6.13. The highest BCUT2D eigenvalue weighted by atomic mass is 16.4. The molecule has 0 aliphatic rings. The maximum absolute atomic E-state index is 6.61. The molecule has 62 heavy (non-hydrogen) atoms. The second-order valence-electron chi connectivity index (χ2n) is 15.4. The highest BCUT2D eigenvalue weighted by molar-refractivity contribution is 6.20. The van der Waals surface area contributed by atoms with Crippen LogP contribution in [0.4, 0.5) is 0 Å². The lowest BCUT2D eigenvalue weighted by Crippen LogP contribution is -2.00. The van der Waals surface area contributed by atoms with E-state index in [2.05, 4.69) is 97.1 Å². The van der Waals surface area contributed by atoms with E-state index in [4.69, 9.17) is 28.8 Å². The fraction of sp³-hybridized carbons (Fsp3) is 0. The molecule has 6 nitrogen and oxygen atoms in total. The Bertz CT molecular complexity index is 3540. The first-order chi connectivity index (χ1) is 30.7. The number of nitrogens with zero attached hydrogens (tertiary/aromatic N) is 4. The Kier molecular flexibility index (Phi) is 8.38. The van der Waals surface area contributed by atoms with Crippen molar-refractivity contribution < 1.29 is 8.83 Å². The van der Waals surface area contributed by atoms with Crippen LogP contribution >= 0.6 is 0 Å². The average Bonchev–Trinajstić information content (AvgIpc) is 3.97. The van der Waals surface area contributed by atoms with Crippen LogP contribution in [0.1, 0.15) is 0 Å². The number of rotatable bonds is 7. The van der Waals surface area contributed by atoms with Gasteiger partial charge < -0.3 is 8.83 Å². The molecule has 290 valence electrons. The molecular formula is C56H34N4O2. The molecule has 3 heterocycles. The van der Waals surface area contributed by atoms with E-state index in [-0.39, 0.29) is 0 Å². The Morgan fingerprint density at radius 1 is 0.290 bits per heavy atom. The normalized spacial score (nSPS) is 11.5. The highest BCUT2D eigenvalue weighted by Crippen LogP contribution is 2.43. The first-order valence-electron chi connectivity index (χ1n) is 20.6. The molecular weight excluding hydrogens is 761 g/mol. The molecule has 0 radical (unpaired) electrons. The van der Waals surface area contributed by atoms with Crippen LogP contribution in [0.3, 0.4) is 0 Å². The minimum absolute atomic E-state index is 0.581. The van der Waals surface area contributed by atoms with Gasteiger partial charge in [0.25, 0.3) is 0 Å². The molecule has 0 atom stereocenters. The molecule has 0 spiro atoms. The van der Waals surface area contributed by atoms with Crippen molar-refractivity contribution in [1.82, 2.24) is 19.9 Å². The van der Waals surface area contributed by atoms with Gasteiger partial charge in [-0.15, -0.1) is 0 Å². The van der Waals surface area contributed by atoms with Crippen LogP contribution in [0.5, 0.6) is 0 Å². The highest BCUT2D eigenvalue weighted by Gasteiger charge is 2.21. The van der Waals surface area contributed by atoms with Gasteiger partial charge in [-0.25, -0.2) is 19.9 Å². The molecule has 0 amide bonds. The summed E-state index contributed by atoms with van der Waals surface area (Å²) in [5.41, 5.74) is 13.4. The molecule has 12 aromatic rings. The number of hydrogen-bond donors (Lipinski definition) is 0. The fourth-order valence-corrected chi connectivity index (χ4v) is 8.57. The number of benzene rings is 9. The topological polar surface area (TPSA) is 77.8 Å². The Morgan fingerprint density at radius 3 is 1.24 bits per heavy atom. The third-order valence-electron chi connectivity index (χ3n) is 11.6. The van der Waals surface area contributed by atoms with Crippen LogP contribution < -0.4 is 0 Å². The Balaban J connectivity index is 0.905. The molecule has 0 aliphatic heterocycles. The van der Waals surface area contributed by atoms with Crippen molar-refractivity contribution in [3.63, 3.8) is 0 Å². The van der Waals surface area contributed by atoms with E-state index >= 15 is 0 Å². The van der Waals surface area contributed by atoms with Gasteiger partial charge in [-0.3, -0.25) is 0 Å². The lowest BCUT2D eigenvalue weighted by molar-refractivity contribution is 0.620. The van der Waals surface area contributed by atoms with E-state index < -0.39 is 0 Å². The minimum atomic E-state index is 0.581. The van der Waals surface area contributed by atoms with Crippen LogP contribution in [0.15, 0.2) is 215 Å². The number of hydrogen-bond acceptors (Lipinski definition) is 6. The van der Waals surface area contributed by atoms with Gasteiger partial charge >= 0.3 is 0 Å². The van der Waals surface area contributed by atoms with E-state index in [0.29, 0.717) is 23.4 Å². The van der Waals surface area contributed by atoms with E-state index in [1.165, 1.54) is 10.8 Å². The van der Waals surface area contributed by atoms with Crippen molar-refractivity contribution in [3.8, 4) is 79.0 Å². The fourth-order valence-electron chi connectivity index (χ4n) is 8.57. The van der Waals surface area contributed by atoms with Crippen LogP contribution in [-0.4, -0.2) is 19.9 Å². The summed E-state index contributed by atoms with van der Waals surface area (Å²) >= 11 is 0. The molecule has 0 aliphatic carbocycles. The summed E-state index contributed by atoms with van der Waals surface area (Å²) in [5.74, 6) is 2.50. The van der Waals surface area contributed by atoms with Crippen LogP contribution in [0.25, 0.3) is 123 Å². The van der Waals surface area contributed by atoms with Gasteiger partial charge in [-0.1, -0.05) is 182 Å². The van der Waals surface area contributed by atoms with Crippen molar-refractivity contribution in [2.75, 3.05) is 0 Å². The van der Waals surface area contributed by atoms with E-state index in [1.807, 2.05) is 109 Å². The monoisotopic (exact) mass is 794 g/mol. The number of furan rings is 1. The molecule has 9 aromatic carbocycles. The number of oxazole rings is 1. The maximum Gasteiger partial charge on any atom is 0.227 e. The second kappa shape index (κ2) is 14.7. The lowest BCUT2D eigenvalue weighted by Gasteiger charge is -2.13. The predicted molar refractivity (Wildman–Crippen MR) is 250 cm³/mol. The molecule has 0 saturated carbocycles. The average molecular weight is 795 g/mol. The molecule has 3 aromatic heterocycles. The molecule has 6 heteroatoms. The Hall–Kier alpha value is -8.48. The number of aromatic nitrogens is 4. The molecule has 0 N–H and O–H groups in total. The van der Waals surface area contributed by atoms with Gasteiger partial charge in [0.15, 0.2) is 23.1 Å². The number of fused-ring (bicyclic) bond motifs is 6. The van der Waals surface area contributed by atoms with Gasteiger partial charge in [0.1, 0.15) is 16.7 Å². The quantitative estimate of drug-likeness (QED) is 0.160. The van der Waals surface area contributed by atoms with Gasteiger partial charge in [-0.05, 0) is 62.9 Å². The largest absolute Gasteiger partial charge is 0.456 e. The lowest BCUT2D eigenvalue weighted by atomic mass is 9.91. The zero-order valence-electron chi connectivity index (χ0n) is 33.2. The van der Waals surface area contributed by atoms with Crippen LogP contribution in [-0.2, 0) is 0 Å². The minimum Gasteiger partial charge on any atom is -0.456 e. The molecule has 12 rings (SSSR count). The summed E-state index contributed by atoms with van der Waals surface area (Å²) in [6, 6.07) is 70.7. The zero-order valence-corrected chi connectivity index (χ0v) is 33.2. The van der Waals surface area contributed by atoms with Crippen LogP contribution in [0.2, 0.25) is 0 Å². The summed E-state index contributed by atoms with van der Waals surface area (Å²) in [7, 11) is 0. The molecule has 0 unspecified atom stereocenters. The van der Waals surface area contributed by atoms with Gasteiger partial charge in [0.2, 0.25) is 5.89 Å². The summed E-state index contributed by atoms with van der Waals surface area (Å²) in [6.45, 7) is 0. The van der Waals surface area contributed by atoms with E-state index in [0.717, 1.165) is 88.7 Å². The Labute approximate surface area is 356 Å². The van der Waals surface area contributed by atoms with Crippen LogP contribution in [0, 0.1) is 0 Å². The number of para-hydroxylation sites is 1. The standard InChI is InChI=1S/C56H34N4O2/c1-4-14-38(15-5-1)53-58-54(39-16-6-2-7-17-39)60-55(59-53)40-30-28-36(29-31-40)43-33-32-42(44-20-10-11-21-45(43)44)35-24-26-37(27-25-35)47-34-49-50(46-22-12-13-23-48(46)61-49)51-52(47)62-56(57-51)41-18-8-3-9-19-41/h1-34H. The zero-order chi connectivity index (χ0) is 41.0. The van der Waals surface area contributed by atoms with Gasteiger partial charge in [0.05, 0.1) is 5.39 Å². The first kappa shape index (κ1) is 35.5. The second-order valence-corrected chi connectivity index (χ2v) is 15.4. The van der Waals surface area contributed by atoms with Crippen molar-refractivity contribution in [3.05, 3.63) is 206 Å². The maximum atomic E-state index is 6.61. The van der Waals surface area contributed by atoms with Crippen molar-refractivity contribution in [2.24, 2.45) is 0 Å². The Morgan fingerprint density at radius 2 is 0.710 bits per heavy atom. The molecule has 0 fully saturated rings. The summed E-state index contributed by atoms with van der Waals surface area (Å²) in [6.07, 6.45) is 0. The van der Waals surface area contributed by atoms with Crippen molar-refractivity contribution in [1.29, 1.82) is 0 Å². The smallest absolute Gasteiger partial charge is 0.227 e. The van der Waals surface area contributed by atoms with E-state index in [9.17, 15) is 0 Å². The van der Waals surface area contributed by atoms with Gasteiger partial charge in [-0.2, -0.15) is 0 Å². The summed E-state index contributed by atoms with van der Waals surface area (Å²) in [4.78, 5) is 19.8. The third-order valence-corrected chi connectivity index (χ3v) is 11.6.